The zero-order chi connectivity index (χ0) is 22.8. The molecular formula is C24H31FN2O3S. The lowest BCUT2D eigenvalue weighted by molar-refractivity contribution is -0.120. The average molecular weight is 447 g/mol. The third-order valence-electron chi connectivity index (χ3n) is 5.90. The van der Waals surface area contributed by atoms with Gasteiger partial charge >= 0.3 is 0 Å². The van der Waals surface area contributed by atoms with E-state index in [1.165, 1.54) is 22.5 Å². The van der Waals surface area contributed by atoms with Gasteiger partial charge in [-0.3, -0.25) is 4.79 Å². The van der Waals surface area contributed by atoms with Gasteiger partial charge in [-0.05, 0) is 47.9 Å². The molecule has 1 saturated heterocycles. The number of sulfonamides is 1. The van der Waals surface area contributed by atoms with Crippen LogP contribution in [0.25, 0.3) is 0 Å². The Kier molecular flexibility index (Phi) is 7.17. The number of hydrogen-bond acceptors (Lipinski definition) is 3. The lowest BCUT2D eigenvalue weighted by Crippen LogP contribution is -2.41. The van der Waals surface area contributed by atoms with Gasteiger partial charge in [0.15, 0.2) is 0 Å². The summed E-state index contributed by atoms with van der Waals surface area (Å²) in [5.74, 6) is -0.595. The zero-order valence-electron chi connectivity index (χ0n) is 18.6. The molecule has 7 heteroatoms. The number of para-hydroxylation sites is 1. The fraction of sp³-hybridized carbons (Fsp3) is 0.458. The lowest BCUT2D eigenvalue weighted by atomic mass is 9.91. The van der Waals surface area contributed by atoms with Crippen LogP contribution in [0.4, 0.5) is 10.1 Å². The van der Waals surface area contributed by atoms with E-state index in [1.807, 2.05) is 18.2 Å². The van der Waals surface area contributed by atoms with E-state index in [0.717, 1.165) is 22.9 Å². The van der Waals surface area contributed by atoms with E-state index in [9.17, 15) is 17.6 Å². The number of halogens is 1. The van der Waals surface area contributed by atoms with Crippen molar-refractivity contribution in [3.63, 3.8) is 0 Å². The number of piperidine rings is 1. The molecule has 0 atom stereocenters. The number of hydrogen-bond donors (Lipinski definition) is 1. The Morgan fingerprint density at radius 1 is 0.968 bits per heavy atom. The van der Waals surface area contributed by atoms with Gasteiger partial charge in [-0.15, -0.1) is 0 Å². The quantitative estimate of drug-likeness (QED) is 0.670. The summed E-state index contributed by atoms with van der Waals surface area (Å²) in [4.78, 5) is 12.7. The van der Waals surface area contributed by atoms with Gasteiger partial charge in [0.2, 0.25) is 15.9 Å². The first-order valence-corrected chi connectivity index (χ1v) is 12.2. The highest BCUT2D eigenvalue weighted by atomic mass is 32.2. The summed E-state index contributed by atoms with van der Waals surface area (Å²) in [6, 6.07) is 11.5. The van der Waals surface area contributed by atoms with Gasteiger partial charge in [0.1, 0.15) is 10.7 Å². The number of amides is 1. The molecule has 1 N–H and O–H groups in total. The van der Waals surface area contributed by atoms with E-state index in [-0.39, 0.29) is 41.6 Å². The Morgan fingerprint density at radius 3 is 2.03 bits per heavy atom. The van der Waals surface area contributed by atoms with Crippen molar-refractivity contribution in [1.82, 2.24) is 4.31 Å². The van der Waals surface area contributed by atoms with Crippen molar-refractivity contribution in [3.8, 4) is 0 Å². The maximum absolute atomic E-state index is 14.0. The highest BCUT2D eigenvalue weighted by Gasteiger charge is 2.33. The standard InChI is InChI=1S/C24H31FN2O3S/c1-16(2)19-8-7-9-20(17(3)4)23(19)26-24(28)18-12-14-27(15-13-18)31(29,30)22-11-6-5-10-21(22)25/h5-11,16-18H,12-15H2,1-4H3,(H,26,28). The largest absolute Gasteiger partial charge is 0.325 e. The van der Waals surface area contributed by atoms with E-state index in [4.69, 9.17) is 0 Å². The predicted octanol–water partition coefficient (Wildman–Crippen LogP) is 5.11. The van der Waals surface area contributed by atoms with Crippen LogP contribution in [0, 0.1) is 11.7 Å². The van der Waals surface area contributed by atoms with E-state index < -0.39 is 15.8 Å². The fourth-order valence-electron chi connectivity index (χ4n) is 4.07. The Hall–Kier alpha value is -2.25. The topological polar surface area (TPSA) is 66.5 Å². The number of anilines is 1. The predicted molar refractivity (Wildman–Crippen MR) is 121 cm³/mol. The van der Waals surface area contributed by atoms with Crippen LogP contribution in [-0.4, -0.2) is 31.7 Å². The van der Waals surface area contributed by atoms with Crippen LogP contribution in [0.15, 0.2) is 47.4 Å². The van der Waals surface area contributed by atoms with Gasteiger partial charge in [0.05, 0.1) is 0 Å². The van der Waals surface area contributed by atoms with Gasteiger partial charge in [-0.25, -0.2) is 12.8 Å². The molecule has 3 rings (SSSR count). The van der Waals surface area contributed by atoms with Crippen molar-refractivity contribution < 1.29 is 17.6 Å². The number of benzene rings is 2. The maximum atomic E-state index is 14.0. The SMILES string of the molecule is CC(C)c1cccc(C(C)C)c1NC(=O)C1CCN(S(=O)(=O)c2ccccc2F)CC1. The minimum Gasteiger partial charge on any atom is -0.325 e. The molecule has 31 heavy (non-hydrogen) atoms. The minimum absolute atomic E-state index is 0.0852. The first kappa shape index (κ1) is 23.4. The Balaban J connectivity index is 1.73. The van der Waals surface area contributed by atoms with Gasteiger partial charge in [0, 0.05) is 24.7 Å². The number of nitrogens with one attached hydrogen (secondary N) is 1. The molecule has 0 aliphatic carbocycles. The van der Waals surface area contributed by atoms with E-state index in [0.29, 0.717) is 12.8 Å². The molecule has 1 aliphatic rings. The Labute approximate surface area is 184 Å². The molecule has 5 nitrogen and oxygen atoms in total. The van der Waals surface area contributed by atoms with E-state index >= 15 is 0 Å². The average Bonchev–Trinajstić information content (AvgIpc) is 2.73. The van der Waals surface area contributed by atoms with Gasteiger partial charge in [0.25, 0.3) is 0 Å². The molecule has 0 spiro atoms. The minimum atomic E-state index is -3.91. The van der Waals surface area contributed by atoms with Gasteiger partial charge in [-0.1, -0.05) is 58.0 Å². The molecule has 0 saturated carbocycles. The molecular weight excluding hydrogens is 415 g/mol. The summed E-state index contributed by atoms with van der Waals surface area (Å²) in [5, 5.41) is 3.14. The Bertz CT molecular complexity index is 1020. The number of carbonyl (C=O) groups is 1. The third-order valence-corrected chi connectivity index (χ3v) is 7.83. The summed E-state index contributed by atoms with van der Waals surface area (Å²) in [6.45, 7) is 8.78. The number of nitrogens with zero attached hydrogens (tertiary/aromatic N) is 1. The van der Waals surface area contributed by atoms with Gasteiger partial charge in [-0.2, -0.15) is 4.31 Å². The van der Waals surface area contributed by atoms with Crippen molar-refractivity contribution in [2.45, 2.75) is 57.3 Å². The molecule has 0 aromatic heterocycles. The second-order valence-electron chi connectivity index (χ2n) is 8.72. The van der Waals surface area contributed by atoms with Crippen LogP contribution < -0.4 is 5.32 Å². The first-order valence-electron chi connectivity index (χ1n) is 10.8. The molecule has 168 valence electrons. The van der Waals surface area contributed by atoms with Gasteiger partial charge < -0.3 is 5.32 Å². The summed E-state index contributed by atoms with van der Waals surface area (Å²) in [6.07, 6.45) is 0.806. The molecule has 2 aromatic rings. The molecule has 1 aliphatic heterocycles. The zero-order valence-corrected chi connectivity index (χ0v) is 19.4. The third kappa shape index (κ3) is 4.99. The van der Waals surface area contributed by atoms with E-state index in [1.54, 1.807) is 0 Å². The lowest BCUT2D eigenvalue weighted by Gasteiger charge is -2.31. The Morgan fingerprint density at radius 2 is 1.52 bits per heavy atom. The molecule has 1 fully saturated rings. The molecule has 0 bridgehead atoms. The fourth-order valence-corrected chi connectivity index (χ4v) is 5.61. The molecule has 0 radical (unpaired) electrons. The van der Waals surface area contributed by atoms with Crippen LogP contribution in [0.5, 0.6) is 0 Å². The number of carbonyl (C=O) groups excluding carboxylic acids is 1. The van der Waals surface area contributed by atoms with Crippen molar-refractivity contribution >= 4 is 21.6 Å². The van der Waals surface area contributed by atoms with Crippen molar-refractivity contribution in [2.75, 3.05) is 18.4 Å². The summed E-state index contributed by atoms with van der Waals surface area (Å²) >= 11 is 0. The smallest absolute Gasteiger partial charge is 0.245 e. The van der Waals surface area contributed by atoms with Crippen molar-refractivity contribution in [3.05, 3.63) is 59.4 Å². The number of rotatable bonds is 6. The highest BCUT2D eigenvalue weighted by Crippen LogP contribution is 2.33. The van der Waals surface area contributed by atoms with Crippen LogP contribution in [0.2, 0.25) is 0 Å². The second kappa shape index (κ2) is 9.49. The normalized spacial score (nSPS) is 16.1. The molecule has 0 unspecified atom stereocenters. The summed E-state index contributed by atoms with van der Waals surface area (Å²) < 4.78 is 40.9. The first-order chi connectivity index (χ1) is 14.6. The van der Waals surface area contributed by atoms with Crippen molar-refractivity contribution in [1.29, 1.82) is 0 Å². The molecule has 1 heterocycles. The maximum Gasteiger partial charge on any atom is 0.245 e. The highest BCUT2D eigenvalue weighted by molar-refractivity contribution is 7.89. The van der Waals surface area contributed by atoms with Crippen molar-refractivity contribution in [2.24, 2.45) is 5.92 Å². The summed E-state index contributed by atoms with van der Waals surface area (Å²) in [7, 11) is -3.91. The van der Waals surface area contributed by atoms with Crippen LogP contribution in [-0.2, 0) is 14.8 Å². The second-order valence-corrected chi connectivity index (χ2v) is 10.6. The summed E-state index contributed by atoms with van der Waals surface area (Å²) in [5.41, 5.74) is 3.07. The van der Waals surface area contributed by atoms with Crippen LogP contribution in [0.1, 0.15) is 63.5 Å². The molecule has 1 amide bonds. The van der Waals surface area contributed by atoms with Crippen LogP contribution >= 0.6 is 0 Å². The van der Waals surface area contributed by atoms with E-state index in [2.05, 4.69) is 33.0 Å². The van der Waals surface area contributed by atoms with Crippen LogP contribution in [0.3, 0.4) is 0 Å². The monoisotopic (exact) mass is 446 g/mol. The molecule has 2 aromatic carbocycles.